The zero-order valence-corrected chi connectivity index (χ0v) is 14.8. The van der Waals surface area contributed by atoms with Gasteiger partial charge in [0.25, 0.3) is 11.6 Å². The zero-order valence-electron chi connectivity index (χ0n) is 14.8. The minimum atomic E-state index is -0.592. The first kappa shape index (κ1) is 19.7. The average Bonchev–Trinajstić information content (AvgIpc) is 2.60. The van der Waals surface area contributed by atoms with Gasteiger partial charge in [-0.3, -0.25) is 14.9 Å². The van der Waals surface area contributed by atoms with Crippen LogP contribution in [0.1, 0.15) is 49.9 Å². The van der Waals surface area contributed by atoms with Crippen LogP contribution >= 0.6 is 0 Å². The molecular weight excluding hydrogens is 312 g/mol. The Hall–Kier alpha value is -2.31. The summed E-state index contributed by atoms with van der Waals surface area (Å²) in [6, 6.07) is 2.56. The molecule has 0 radical (unpaired) electrons. The maximum Gasteiger partial charge on any atom is 0.286 e. The third-order valence-corrected chi connectivity index (χ3v) is 4.04. The summed E-state index contributed by atoms with van der Waals surface area (Å²) in [4.78, 5) is 23.1. The standard InChI is InChI=1S/C17H26N2O5/c1-5-7-8-12(6-2)11-18-17(20)13-9-15(23-3)16(24-4)10-14(13)19(21)22/h9-10,12H,5-8,11H2,1-4H3,(H,18,20). The number of rotatable bonds is 10. The SMILES string of the molecule is CCCCC(CC)CNC(=O)c1cc(OC)c(OC)cc1[N+](=O)[O-]. The summed E-state index contributed by atoms with van der Waals surface area (Å²) < 4.78 is 10.2. The van der Waals surface area contributed by atoms with Gasteiger partial charge in [-0.15, -0.1) is 0 Å². The number of carbonyl (C=O) groups is 1. The van der Waals surface area contributed by atoms with Crippen LogP contribution in [0, 0.1) is 16.0 Å². The van der Waals surface area contributed by atoms with E-state index in [1.54, 1.807) is 0 Å². The van der Waals surface area contributed by atoms with Gasteiger partial charge in [0.15, 0.2) is 11.5 Å². The first-order valence-electron chi connectivity index (χ1n) is 8.16. The lowest BCUT2D eigenvalue weighted by molar-refractivity contribution is -0.385. The lowest BCUT2D eigenvalue weighted by atomic mass is 9.99. The van der Waals surface area contributed by atoms with Crippen molar-refractivity contribution in [2.45, 2.75) is 39.5 Å². The highest BCUT2D eigenvalue weighted by atomic mass is 16.6. The molecule has 1 rings (SSSR count). The smallest absolute Gasteiger partial charge is 0.286 e. The van der Waals surface area contributed by atoms with Gasteiger partial charge in [0, 0.05) is 12.6 Å². The molecule has 0 bridgehead atoms. The van der Waals surface area contributed by atoms with Crippen molar-refractivity contribution in [1.29, 1.82) is 0 Å². The fourth-order valence-corrected chi connectivity index (χ4v) is 2.48. The van der Waals surface area contributed by atoms with E-state index in [-0.39, 0.29) is 22.7 Å². The Morgan fingerprint density at radius 1 is 1.25 bits per heavy atom. The average molecular weight is 338 g/mol. The van der Waals surface area contributed by atoms with Crippen LogP contribution < -0.4 is 14.8 Å². The summed E-state index contributed by atoms with van der Waals surface area (Å²) in [7, 11) is 2.81. The Balaban J connectivity index is 2.98. The molecule has 1 aromatic carbocycles. The monoisotopic (exact) mass is 338 g/mol. The largest absolute Gasteiger partial charge is 0.493 e. The number of nitro groups is 1. The van der Waals surface area contributed by atoms with Crippen LogP contribution in [0.4, 0.5) is 5.69 Å². The van der Waals surface area contributed by atoms with E-state index >= 15 is 0 Å². The Morgan fingerprint density at radius 2 is 1.88 bits per heavy atom. The van der Waals surface area contributed by atoms with Gasteiger partial charge in [-0.2, -0.15) is 0 Å². The number of benzene rings is 1. The number of methoxy groups -OCH3 is 2. The maximum absolute atomic E-state index is 12.4. The van der Waals surface area contributed by atoms with E-state index in [2.05, 4.69) is 19.2 Å². The predicted molar refractivity (Wildman–Crippen MR) is 91.8 cm³/mol. The molecule has 0 aliphatic rings. The van der Waals surface area contributed by atoms with Gasteiger partial charge in [0.05, 0.1) is 25.2 Å². The molecule has 0 saturated carbocycles. The Labute approximate surface area is 142 Å². The number of nitrogens with one attached hydrogen (secondary N) is 1. The molecule has 7 nitrogen and oxygen atoms in total. The second-order valence-electron chi connectivity index (χ2n) is 5.61. The highest BCUT2D eigenvalue weighted by molar-refractivity contribution is 5.99. The topological polar surface area (TPSA) is 90.7 Å². The summed E-state index contributed by atoms with van der Waals surface area (Å²) >= 11 is 0. The first-order valence-corrected chi connectivity index (χ1v) is 8.16. The Morgan fingerprint density at radius 3 is 2.38 bits per heavy atom. The molecule has 0 heterocycles. The van der Waals surface area contributed by atoms with Crippen molar-refractivity contribution in [3.05, 3.63) is 27.8 Å². The van der Waals surface area contributed by atoms with Gasteiger partial charge >= 0.3 is 0 Å². The molecule has 24 heavy (non-hydrogen) atoms. The number of nitro benzene ring substituents is 1. The quantitative estimate of drug-likeness (QED) is 0.520. The van der Waals surface area contributed by atoms with Gasteiger partial charge in [-0.25, -0.2) is 0 Å². The third kappa shape index (κ3) is 5.11. The van der Waals surface area contributed by atoms with Crippen molar-refractivity contribution in [3.63, 3.8) is 0 Å². The van der Waals surface area contributed by atoms with Crippen molar-refractivity contribution in [2.75, 3.05) is 20.8 Å². The van der Waals surface area contributed by atoms with E-state index in [1.807, 2.05) is 0 Å². The molecule has 1 atom stereocenters. The fraction of sp³-hybridized carbons (Fsp3) is 0.588. The molecular formula is C17H26N2O5. The Kier molecular flexibility index (Phi) is 8.01. The van der Waals surface area contributed by atoms with Crippen LogP contribution in [0.3, 0.4) is 0 Å². The molecule has 1 N–H and O–H groups in total. The molecule has 0 fully saturated rings. The van der Waals surface area contributed by atoms with Crippen molar-refractivity contribution >= 4 is 11.6 Å². The van der Waals surface area contributed by atoms with E-state index in [9.17, 15) is 14.9 Å². The number of amides is 1. The van der Waals surface area contributed by atoms with Gasteiger partial charge in [0.1, 0.15) is 5.56 Å². The van der Waals surface area contributed by atoms with Gasteiger partial charge in [-0.1, -0.05) is 33.1 Å². The third-order valence-electron chi connectivity index (χ3n) is 4.04. The van der Waals surface area contributed by atoms with E-state index in [0.29, 0.717) is 12.5 Å². The predicted octanol–water partition coefficient (Wildman–Crippen LogP) is 3.56. The van der Waals surface area contributed by atoms with Crippen molar-refractivity contribution in [1.82, 2.24) is 5.32 Å². The second-order valence-corrected chi connectivity index (χ2v) is 5.61. The number of hydrogen-bond acceptors (Lipinski definition) is 5. The van der Waals surface area contributed by atoms with Crippen LogP contribution in [-0.4, -0.2) is 31.6 Å². The first-order chi connectivity index (χ1) is 11.5. The van der Waals surface area contributed by atoms with E-state index in [4.69, 9.17) is 9.47 Å². The highest BCUT2D eigenvalue weighted by Crippen LogP contribution is 2.34. The second kappa shape index (κ2) is 9.75. The molecule has 1 unspecified atom stereocenters. The van der Waals surface area contributed by atoms with Gasteiger partial charge in [0.2, 0.25) is 0 Å². The number of carbonyl (C=O) groups excluding carboxylic acids is 1. The van der Waals surface area contributed by atoms with Gasteiger partial charge < -0.3 is 14.8 Å². The molecule has 134 valence electrons. The highest BCUT2D eigenvalue weighted by Gasteiger charge is 2.24. The fourth-order valence-electron chi connectivity index (χ4n) is 2.48. The molecule has 7 heteroatoms. The molecule has 0 saturated heterocycles. The number of ether oxygens (including phenoxy) is 2. The van der Waals surface area contributed by atoms with Crippen LogP contribution in [0.2, 0.25) is 0 Å². The molecule has 0 spiro atoms. The summed E-state index contributed by atoms with van der Waals surface area (Å²) in [6.07, 6.45) is 4.19. The van der Waals surface area contributed by atoms with E-state index in [1.165, 1.54) is 26.4 Å². The molecule has 1 amide bonds. The van der Waals surface area contributed by atoms with Crippen LogP contribution in [0.5, 0.6) is 11.5 Å². The summed E-state index contributed by atoms with van der Waals surface area (Å²) in [6.45, 7) is 4.70. The van der Waals surface area contributed by atoms with Crippen LogP contribution in [-0.2, 0) is 0 Å². The normalized spacial score (nSPS) is 11.7. The minimum Gasteiger partial charge on any atom is -0.493 e. The summed E-state index contributed by atoms with van der Waals surface area (Å²) in [5.41, 5.74) is -0.324. The van der Waals surface area contributed by atoms with Crippen molar-refractivity contribution < 1.29 is 19.2 Å². The maximum atomic E-state index is 12.4. The summed E-state index contributed by atoms with van der Waals surface area (Å²) in [5.74, 6) is 0.395. The molecule has 0 aromatic heterocycles. The van der Waals surface area contributed by atoms with Crippen molar-refractivity contribution in [3.8, 4) is 11.5 Å². The van der Waals surface area contributed by atoms with Crippen LogP contribution in [0.25, 0.3) is 0 Å². The molecule has 0 aliphatic carbocycles. The van der Waals surface area contributed by atoms with E-state index < -0.39 is 10.8 Å². The number of hydrogen-bond donors (Lipinski definition) is 1. The summed E-state index contributed by atoms with van der Waals surface area (Å²) in [5, 5.41) is 14.1. The lowest BCUT2D eigenvalue weighted by Crippen LogP contribution is -2.29. The number of unbranched alkanes of at least 4 members (excludes halogenated alkanes) is 1. The molecule has 0 aliphatic heterocycles. The zero-order chi connectivity index (χ0) is 18.1. The minimum absolute atomic E-state index is 0.0250. The number of nitrogens with zero attached hydrogens (tertiary/aromatic N) is 1. The van der Waals surface area contributed by atoms with E-state index in [0.717, 1.165) is 25.7 Å². The van der Waals surface area contributed by atoms with Crippen molar-refractivity contribution in [2.24, 2.45) is 5.92 Å². The van der Waals surface area contributed by atoms with Gasteiger partial charge in [-0.05, 0) is 12.3 Å². The van der Waals surface area contributed by atoms with Crippen LogP contribution in [0.15, 0.2) is 12.1 Å². The lowest BCUT2D eigenvalue weighted by Gasteiger charge is -2.16. The Bertz CT molecular complexity index is 574. The molecule has 1 aromatic rings.